The summed E-state index contributed by atoms with van der Waals surface area (Å²) in [6, 6.07) is 12.0. The second-order valence-electron chi connectivity index (χ2n) is 9.05. The molecular weight excluding hydrogens is 1020 g/mol. The highest BCUT2D eigenvalue weighted by atomic mass is 127. The molecule has 0 aliphatic heterocycles. The molecule has 0 amide bonds. The molecule has 234 valence electrons. The van der Waals surface area contributed by atoms with Gasteiger partial charge in [0.05, 0.1) is 71.2 Å². The van der Waals surface area contributed by atoms with Gasteiger partial charge in [0.1, 0.15) is 0 Å². The lowest BCUT2D eigenvalue weighted by molar-refractivity contribution is 0.352. The lowest BCUT2D eigenvalue weighted by atomic mass is 9.88. The summed E-state index contributed by atoms with van der Waals surface area (Å²) in [4.78, 5) is 0. The Kier molecular flexibility index (Phi) is 12.1. The van der Waals surface area contributed by atoms with Crippen LogP contribution in [0.2, 0.25) is 0 Å². The number of hydrogen-bond acceptors (Lipinski definition) is 8. The van der Waals surface area contributed by atoms with Crippen LogP contribution in [0.25, 0.3) is 33.4 Å². The monoisotopic (exact) mass is 1050 g/mol. The Labute approximate surface area is 311 Å². The van der Waals surface area contributed by atoms with E-state index >= 15 is 0 Å². The third-order valence-electron chi connectivity index (χ3n) is 6.99. The van der Waals surface area contributed by atoms with Crippen molar-refractivity contribution in [3.8, 4) is 79.4 Å². The molecule has 0 saturated carbocycles. The zero-order valence-corrected chi connectivity index (χ0v) is 33.9. The molecule has 0 N–H and O–H groups in total. The Balaban J connectivity index is 2.26. The predicted octanol–water partition coefficient (Wildman–Crippen LogP) is 9.17. The molecule has 4 aromatic rings. The lowest BCUT2D eigenvalue weighted by Gasteiger charge is -2.24. The van der Waals surface area contributed by atoms with Crippen molar-refractivity contribution in [2.24, 2.45) is 0 Å². The summed E-state index contributed by atoms with van der Waals surface area (Å²) in [6.07, 6.45) is 0. The molecule has 0 spiro atoms. The molecule has 0 unspecified atom stereocenters. The van der Waals surface area contributed by atoms with Crippen molar-refractivity contribution in [1.82, 2.24) is 0 Å². The fraction of sp³-hybridized carbons (Fsp3) is 0.250. The second-order valence-corrected chi connectivity index (χ2v) is 13.5. The zero-order chi connectivity index (χ0) is 32.3. The van der Waals surface area contributed by atoms with Crippen LogP contribution in [-0.2, 0) is 0 Å². The third kappa shape index (κ3) is 6.28. The van der Waals surface area contributed by atoms with Crippen LogP contribution in [-0.4, -0.2) is 56.9 Å². The van der Waals surface area contributed by atoms with Crippen LogP contribution in [0.4, 0.5) is 0 Å². The highest BCUT2D eigenvalue weighted by Gasteiger charge is 2.29. The Hall–Kier alpha value is -1.80. The van der Waals surface area contributed by atoms with E-state index in [2.05, 4.69) is 96.4 Å². The first kappa shape index (κ1) is 35.1. The number of methoxy groups -OCH3 is 8. The quantitative estimate of drug-likeness (QED) is 0.138. The molecule has 0 aromatic heterocycles. The van der Waals surface area contributed by atoms with E-state index < -0.39 is 0 Å². The summed E-state index contributed by atoms with van der Waals surface area (Å²) in [5, 5.41) is 0. The van der Waals surface area contributed by atoms with Gasteiger partial charge in [0.15, 0.2) is 46.0 Å². The normalized spacial score (nSPS) is 10.7. The first-order valence-corrected chi connectivity index (χ1v) is 17.2. The summed E-state index contributed by atoms with van der Waals surface area (Å²) >= 11 is 9.22. The Morgan fingerprint density at radius 3 is 1.30 bits per heavy atom. The predicted molar refractivity (Wildman–Crippen MR) is 206 cm³/mol. The number of benzene rings is 4. The largest absolute Gasteiger partial charge is 0.493 e. The van der Waals surface area contributed by atoms with E-state index in [0.29, 0.717) is 46.0 Å². The minimum absolute atomic E-state index is 0.588. The number of halogens is 4. The molecule has 4 aromatic carbocycles. The fourth-order valence-corrected chi connectivity index (χ4v) is 8.90. The molecule has 0 radical (unpaired) electrons. The number of rotatable bonds is 11. The number of hydrogen-bond donors (Lipinski definition) is 0. The van der Waals surface area contributed by atoms with Crippen LogP contribution in [0.3, 0.4) is 0 Å². The van der Waals surface area contributed by atoms with Gasteiger partial charge in [0.25, 0.3) is 0 Å². The minimum atomic E-state index is 0.588. The smallest absolute Gasteiger partial charge is 0.174 e. The highest BCUT2D eigenvalue weighted by molar-refractivity contribution is 14.1. The number of ether oxygens (including phenoxy) is 8. The first-order valence-electron chi connectivity index (χ1n) is 12.9. The molecule has 0 aliphatic carbocycles. The van der Waals surface area contributed by atoms with Crippen molar-refractivity contribution in [3.63, 3.8) is 0 Å². The molecule has 4 rings (SSSR count). The molecule has 0 aliphatic rings. The topological polar surface area (TPSA) is 73.8 Å². The maximum Gasteiger partial charge on any atom is 0.174 e. The van der Waals surface area contributed by atoms with E-state index in [9.17, 15) is 0 Å². The molecular formula is C32H30I4O8. The average molecular weight is 1050 g/mol. The summed E-state index contributed by atoms with van der Waals surface area (Å²) in [5.74, 6) is 4.96. The summed E-state index contributed by atoms with van der Waals surface area (Å²) in [7, 11) is 13.1. The Morgan fingerprint density at radius 2 is 0.818 bits per heavy atom. The maximum atomic E-state index is 5.92. The summed E-state index contributed by atoms with van der Waals surface area (Å²) in [5.41, 5.74) is 5.45. The molecule has 0 bridgehead atoms. The summed E-state index contributed by atoms with van der Waals surface area (Å²) in [6.45, 7) is 0. The van der Waals surface area contributed by atoms with Gasteiger partial charge in [0.2, 0.25) is 0 Å². The zero-order valence-electron chi connectivity index (χ0n) is 25.2. The van der Waals surface area contributed by atoms with Crippen LogP contribution in [0.5, 0.6) is 46.0 Å². The lowest BCUT2D eigenvalue weighted by Crippen LogP contribution is -2.04. The standard InChI is InChI=1S/C32H30I4O8/c1-37-20-10-9-16(26(34)30(20)42-6)24-18(14-23(40-4)32(44-8)27(24)35)25-17(13-22(39-3)31(43-7)28(25)36)15-11-19(33)29(41-5)21(12-15)38-2/h9-14H,1-8H3. The van der Waals surface area contributed by atoms with Crippen LogP contribution in [0.1, 0.15) is 0 Å². The minimum Gasteiger partial charge on any atom is -0.493 e. The van der Waals surface area contributed by atoms with E-state index in [1.165, 1.54) is 0 Å². The van der Waals surface area contributed by atoms with E-state index in [4.69, 9.17) is 37.9 Å². The van der Waals surface area contributed by atoms with E-state index in [0.717, 1.165) is 47.7 Å². The van der Waals surface area contributed by atoms with Gasteiger partial charge < -0.3 is 37.9 Å². The first-order chi connectivity index (χ1) is 21.1. The molecule has 0 fully saturated rings. The van der Waals surface area contributed by atoms with Crippen molar-refractivity contribution in [1.29, 1.82) is 0 Å². The van der Waals surface area contributed by atoms with Gasteiger partial charge in [-0.25, -0.2) is 0 Å². The SMILES string of the molecule is COc1cc(-c2cc(OC)c(OC)c(I)c2-c2cc(OC)c(OC)c(I)c2-c2ccc(OC)c(OC)c2I)cc(I)c1OC. The van der Waals surface area contributed by atoms with Crippen molar-refractivity contribution in [2.45, 2.75) is 0 Å². The van der Waals surface area contributed by atoms with E-state index in [-0.39, 0.29) is 0 Å². The van der Waals surface area contributed by atoms with Crippen molar-refractivity contribution in [3.05, 3.63) is 50.7 Å². The Morgan fingerprint density at radius 1 is 0.386 bits per heavy atom. The van der Waals surface area contributed by atoms with Gasteiger partial charge in [-0.2, -0.15) is 0 Å². The van der Waals surface area contributed by atoms with E-state index in [1.807, 2.05) is 30.3 Å². The van der Waals surface area contributed by atoms with Crippen LogP contribution in [0, 0.1) is 14.3 Å². The maximum absolute atomic E-state index is 5.92. The average Bonchev–Trinajstić information content (AvgIpc) is 3.03. The van der Waals surface area contributed by atoms with Gasteiger partial charge in [-0.1, -0.05) is 0 Å². The molecule has 8 nitrogen and oxygen atoms in total. The van der Waals surface area contributed by atoms with Gasteiger partial charge in [-0.15, -0.1) is 0 Å². The molecule has 0 saturated heterocycles. The van der Waals surface area contributed by atoms with Crippen LogP contribution < -0.4 is 37.9 Å². The van der Waals surface area contributed by atoms with Gasteiger partial charge in [-0.05, 0) is 143 Å². The van der Waals surface area contributed by atoms with Crippen LogP contribution in [0.15, 0.2) is 36.4 Å². The Bertz CT molecular complexity index is 1710. The van der Waals surface area contributed by atoms with Gasteiger partial charge in [0, 0.05) is 16.7 Å². The van der Waals surface area contributed by atoms with Gasteiger partial charge >= 0.3 is 0 Å². The van der Waals surface area contributed by atoms with Crippen LogP contribution >= 0.6 is 90.4 Å². The molecule has 44 heavy (non-hydrogen) atoms. The molecule has 12 heteroatoms. The van der Waals surface area contributed by atoms with Gasteiger partial charge in [-0.3, -0.25) is 0 Å². The highest BCUT2D eigenvalue weighted by Crippen LogP contribution is 2.54. The van der Waals surface area contributed by atoms with Crippen molar-refractivity contribution >= 4 is 90.4 Å². The van der Waals surface area contributed by atoms with E-state index in [1.54, 1.807) is 56.9 Å². The second kappa shape index (κ2) is 15.2. The van der Waals surface area contributed by atoms with Crippen molar-refractivity contribution < 1.29 is 37.9 Å². The van der Waals surface area contributed by atoms with Crippen molar-refractivity contribution in [2.75, 3.05) is 56.9 Å². The molecule has 0 atom stereocenters. The third-order valence-corrected chi connectivity index (χ3v) is 10.9. The summed E-state index contributed by atoms with van der Waals surface area (Å²) < 4.78 is 49.8. The molecule has 0 heterocycles. The fourth-order valence-electron chi connectivity index (χ4n) is 5.01.